The summed E-state index contributed by atoms with van der Waals surface area (Å²) < 4.78 is 5.06. The van der Waals surface area contributed by atoms with Gasteiger partial charge in [-0.15, -0.1) is 0 Å². The molecule has 0 spiro atoms. The van der Waals surface area contributed by atoms with E-state index < -0.39 is 0 Å². The highest BCUT2D eigenvalue weighted by atomic mass is 16.5. The van der Waals surface area contributed by atoms with Gasteiger partial charge in [-0.1, -0.05) is 18.2 Å². The van der Waals surface area contributed by atoms with E-state index in [4.69, 9.17) is 4.74 Å². The lowest BCUT2D eigenvalue weighted by Crippen LogP contribution is -2.06. The summed E-state index contributed by atoms with van der Waals surface area (Å²) in [5, 5.41) is 0. The Morgan fingerprint density at radius 1 is 1.30 bits per heavy atom. The van der Waals surface area contributed by atoms with Crippen molar-refractivity contribution in [3.05, 3.63) is 52.8 Å². The van der Waals surface area contributed by atoms with Gasteiger partial charge in [0.1, 0.15) is 0 Å². The number of nitrogens with zero attached hydrogens (tertiary/aromatic N) is 1. The Kier molecular flexibility index (Phi) is 4.35. The van der Waals surface area contributed by atoms with E-state index in [0.29, 0.717) is 12.2 Å². The van der Waals surface area contributed by atoms with Crippen molar-refractivity contribution in [1.29, 1.82) is 0 Å². The number of hydrogen-bond acceptors (Lipinski definition) is 3. The summed E-state index contributed by atoms with van der Waals surface area (Å²) in [5.74, 6) is -0.293. The van der Waals surface area contributed by atoms with Crippen LogP contribution in [0.25, 0.3) is 0 Å². The smallest absolute Gasteiger partial charge is 0.340 e. The lowest BCUT2D eigenvalue weighted by molar-refractivity contribution is 0.0525. The summed E-state index contributed by atoms with van der Waals surface area (Å²) >= 11 is 0. The van der Waals surface area contributed by atoms with Crippen LogP contribution in [0.4, 0.5) is 5.69 Å². The van der Waals surface area contributed by atoms with Crippen LogP contribution in [-0.4, -0.2) is 23.8 Å². The van der Waals surface area contributed by atoms with Crippen molar-refractivity contribution in [3.8, 4) is 0 Å². The number of rotatable bonds is 4. The highest BCUT2D eigenvalue weighted by Gasteiger charge is 2.18. The third kappa shape index (κ3) is 2.96. The second-order valence-corrected chi connectivity index (χ2v) is 4.48. The molecule has 2 rings (SSSR count). The van der Waals surface area contributed by atoms with Gasteiger partial charge in [-0.25, -0.2) is 4.79 Å². The topological polar surface area (TPSA) is 54.5 Å². The summed E-state index contributed by atoms with van der Waals surface area (Å²) in [6, 6.07) is 9.66. The van der Waals surface area contributed by atoms with Gasteiger partial charge >= 0.3 is 5.97 Å². The van der Waals surface area contributed by atoms with E-state index >= 15 is 0 Å². The van der Waals surface area contributed by atoms with Crippen molar-refractivity contribution in [2.45, 2.75) is 20.8 Å². The normalized spacial score (nSPS) is 10.9. The average Bonchev–Trinajstić information content (AvgIpc) is 2.72. The standard InChI is InChI=1S/C16H18N2O2/c1-4-20-16(19)15-11(2)14(18-12(15)3)10-17-13-8-6-5-7-9-13/h5-10,18H,4H2,1-3H3. The maximum Gasteiger partial charge on any atom is 0.340 e. The summed E-state index contributed by atoms with van der Waals surface area (Å²) in [6.07, 6.45) is 1.74. The van der Waals surface area contributed by atoms with Crippen LogP contribution in [0.3, 0.4) is 0 Å². The van der Waals surface area contributed by atoms with Crippen molar-refractivity contribution in [2.75, 3.05) is 6.61 Å². The Morgan fingerprint density at radius 3 is 2.65 bits per heavy atom. The van der Waals surface area contributed by atoms with Crippen molar-refractivity contribution in [2.24, 2.45) is 4.99 Å². The molecule has 0 aliphatic carbocycles. The molecule has 0 radical (unpaired) electrons. The van der Waals surface area contributed by atoms with Crippen LogP contribution in [0.15, 0.2) is 35.3 Å². The predicted molar refractivity (Wildman–Crippen MR) is 79.9 cm³/mol. The molecule has 2 aromatic rings. The molecule has 0 amide bonds. The number of esters is 1. The summed E-state index contributed by atoms with van der Waals surface area (Å²) in [5.41, 5.74) is 3.96. The molecule has 4 nitrogen and oxygen atoms in total. The molecule has 0 aliphatic rings. The zero-order valence-corrected chi connectivity index (χ0v) is 11.9. The fourth-order valence-corrected chi connectivity index (χ4v) is 2.07. The summed E-state index contributed by atoms with van der Waals surface area (Å²) in [4.78, 5) is 19.4. The Bertz CT molecular complexity index is 627. The van der Waals surface area contributed by atoms with Crippen molar-refractivity contribution < 1.29 is 9.53 Å². The van der Waals surface area contributed by atoms with Gasteiger partial charge in [-0.3, -0.25) is 4.99 Å². The second kappa shape index (κ2) is 6.19. The van der Waals surface area contributed by atoms with Crippen molar-refractivity contribution >= 4 is 17.9 Å². The molecule has 0 atom stereocenters. The molecular formula is C16H18N2O2. The van der Waals surface area contributed by atoms with E-state index in [9.17, 15) is 4.79 Å². The molecule has 0 unspecified atom stereocenters. The lowest BCUT2D eigenvalue weighted by atomic mass is 10.1. The first-order valence-electron chi connectivity index (χ1n) is 6.59. The van der Waals surface area contributed by atoms with Crippen LogP contribution in [0.5, 0.6) is 0 Å². The van der Waals surface area contributed by atoms with Crippen LogP contribution >= 0.6 is 0 Å². The van der Waals surface area contributed by atoms with Gasteiger partial charge in [-0.05, 0) is 38.5 Å². The number of ether oxygens (including phenoxy) is 1. The third-order valence-corrected chi connectivity index (χ3v) is 3.05. The fraction of sp³-hybridized carbons (Fsp3) is 0.250. The summed E-state index contributed by atoms with van der Waals surface area (Å²) in [6.45, 7) is 5.92. The van der Waals surface area contributed by atoms with E-state index in [2.05, 4.69) is 9.98 Å². The molecule has 20 heavy (non-hydrogen) atoms. The zero-order valence-electron chi connectivity index (χ0n) is 11.9. The van der Waals surface area contributed by atoms with Crippen LogP contribution in [0.1, 0.15) is 34.2 Å². The van der Waals surface area contributed by atoms with Gasteiger partial charge < -0.3 is 9.72 Å². The zero-order chi connectivity index (χ0) is 14.5. The molecule has 4 heteroatoms. The molecule has 104 valence electrons. The van der Waals surface area contributed by atoms with Gasteiger partial charge in [-0.2, -0.15) is 0 Å². The molecule has 0 saturated carbocycles. The van der Waals surface area contributed by atoms with E-state index in [1.807, 2.05) is 44.2 Å². The number of carbonyl (C=O) groups is 1. The second-order valence-electron chi connectivity index (χ2n) is 4.48. The largest absolute Gasteiger partial charge is 0.462 e. The van der Waals surface area contributed by atoms with Gasteiger partial charge in [0.2, 0.25) is 0 Å². The highest BCUT2D eigenvalue weighted by molar-refractivity contribution is 5.96. The van der Waals surface area contributed by atoms with Gasteiger partial charge in [0, 0.05) is 5.69 Å². The number of aryl methyl sites for hydroxylation is 1. The number of para-hydroxylation sites is 1. The molecular weight excluding hydrogens is 252 g/mol. The molecule has 0 fully saturated rings. The SMILES string of the molecule is CCOC(=O)c1c(C)[nH]c(C=Nc2ccccc2)c1C. The first-order chi connectivity index (χ1) is 9.63. The number of aliphatic imine (C=N–C) groups is 1. The van der Waals surface area contributed by atoms with E-state index in [1.165, 1.54) is 0 Å². The highest BCUT2D eigenvalue weighted by Crippen LogP contribution is 2.19. The van der Waals surface area contributed by atoms with Crippen LogP contribution in [-0.2, 0) is 4.74 Å². The number of H-pyrrole nitrogens is 1. The monoisotopic (exact) mass is 270 g/mol. The Morgan fingerprint density at radius 2 is 2.00 bits per heavy atom. The van der Waals surface area contributed by atoms with Crippen molar-refractivity contribution in [1.82, 2.24) is 4.98 Å². The van der Waals surface area contributed by atoms with E-state index in [0.717, 1.165) is 22.6 Å². The maximum absolute atomic E-state index is 11.9. The number of nitrogens with one attached hydrogen (secondary N) is 1. The summed E-state index contributed by atoms with van der Waals surface area (Å²) in [7, 11) is 0. The van der Waals surface area contributed by atoms with E-state index in [1.54, 1.807) is 13.1 Å². The van der Waals surface area contributed by atoms with E-state index in [-0.39, 0.29) is 5.97 Å². The van der Waals surface area contributed by atoms with Crippen molar-refractivity contribution in [3.63, 3.8) is 0 Å². The minimum absolute atomic E-state index is 0.293. The molecule has 0 bridgehead atoms. The number of hydrogen-bond donors (Lipinski definition) is 1. The average molecular weight is 270 g/mol. The third-order valence-electron chi connectivity index (χ3n) is 3.05. The van der Waals surface area contributed by atoms with Gasteiger partial charge in [0.05, 0.1) is 29.8 Å². The first-order valence-corrected chi connectivity index (χ1v) is 6.59. The Balaban J connectivity index is 2.28. The molecule has 1 N–H and O–H groups in total. The minimum Gasteiger partial charge on any atom is -0.462 e. The Labute approximate surface area is 118 Å². The number of carbonyl (C=O) groups excluding carboxylic acids is 1. The quantitative estimate of drug-likeness (QED) is 0.682. The van der Waals surface area contributed by atoms with Crippen LogP contribution in [0.2, 0.25) is 0 Å². The molecule has 0 aliphatic heterocycles. The molecule has 0 saturated heterocycles. The fourth-order valence-electron chi connectivity index (χ4n) is 2.07. The van der Waals surface area contributed by atoms with Crippen LogP contribution < -0.4 is 0 Å². The van der Waals surface area contributed by atoms with Gasteiger partial charge in [0.15, 0.2) is 0 Å². The predicted octanol–water partition coefficient (Wildman–Crippen LogP) is 3.56. The van der Waals surface area contributed by atoms with Crippen LogP contribution in [0, 0.1) is 13.8 Å². The molecule has 1 aromatic carbocycles. The first kappa shape index (κ1) is 14.1. The lowest BCUT2D eigenvalue weighted by Gasteiger charge is -2.01. The molecule has 1 aromatic heterocycles. The Hall–Kier alpha value is -2.36. The number of benzene rings is 1. The number of aromatic amines is 1. The minimum atomic E-state index is -0.293. The maximum atomic E-state index is 11.9. The molecule has 1 heterocycles. The number of aromatic nitrogens is 1. The van der Waals surface area contributed by atoms with Gasteiger partial charge in [0.25, 0.3) is 0 Å².